The van der Waals surface area contributed by atoms with Crippen LogP contribution in [0.1, 0.15) is 27.7 Å². The molecule has 0 amide bonds. The molecule has 0 aliphatic carbocycles. The molecule has 0 aliphatic heterocycles. The maximum atomic E-state index is 9.36. The number of pyridine rings is 1. The van der Waals surface area contributed by atoms with Crippen LogP contribution in [-0.4, -0.2) is 18.3 Å². The molecule has 2 heterocycles. The quantitative estimate of drug-likeness (QED) is 0.244. The first-order chi connectivity index (χ1) is 19.0. The van der Waals surface area contributed by atoms with Gasteiger partial charge in [0.15, 0.2) is 0 Å². The molecule has 0 unspecified atom stereocenters. The molecule has 0 aliphatic rings. The van der Waals surface area contributed by atoms with Crippen molar-refractivity contribution in [3.05, 3.63) is 83.5 Å². The number of fused-ring (bicyclic) bond motifs is 3. The van der Waals surface area contributed by atoms with Crippen LogP contribution in [0, 0.1) is 25.0 Å². The summed E-state index contributed by atoms with van der Waals surface area (Å²) in [7, 11) is 0. The average Bonchev–Trinajstić information content (AvgIpc) is 3.26. The summed E-state index contributed by atoms with van der Waals surface area (Å²) >= 11 is -2.56. The Kier molecular flexibility index (Phi) is 3.36. The van der Waals surface area contributed by atoms with Crippen molar-refractivity contribution in [3.63, 3.8) is 0 Å². The number of furan rings is 1. The Bertz CT molecular complexity index is 1890. The number of hydrogen-bond donors (Lipinski definition) is 0. The van der Waals surface area contributed by atoms with Crippen LogP contribution in [0.5, 0.6) is 0 Å². The predicted molar refractivity (Wildman–Crippen MR) is 140 cm³/mol. The summed E-state index contributed by atoms with van der Waals surface area (Å²) in [6.45, 7) is -5.22. The molecule has 162 valence electrons. The van der Waals surface area contributed by atoms with Crippen LogP contribution in [0.15, 0.2) is 71.2 Å². The van der Waals surface area contributed by atoms with Crippen LogP contribution in [0.2, 0.25) is 17.3 Å². The summed E-state index contributed by atoms with van der Waals surface area (Å²) < 4.78 is 73.6. The molecular formula is C29H26GeN2O. The summed E-state index contributed by atoms with van der Waals surface area (Å²) in [6, 6.07) is 15.3. The van der Waals surface area contributed by atoms with Gasteiger partial charge < -0.3 is 0 Å². The van der Waals surface area contributed by atoms with Crippen LogP contribution in [0.3, 0.4) is 0 Å². The van der Waals surface area contributed by atoms with E-state index in [0.29, 0.717) is 27.6 Å². The number of rotatable bonds is 3. The summed E-state index contributed by atoms with van der Waals surface area (Å²) in [4.78, 5) is 4.44. The Hall–Kier alpha value is -3.36. The fourth-order valence-corrected chi connectivity index (χ4v) is 6.23. The minimum absolute atomic E-state index is 0.0385. The van der Waals surface area contributed by atoms with Crippen molar-refractivity contribution in [2.75, 3.05) is 0 Å². The Balaban J connectivity index is 1.84. The van der Waals surface area contributed by atoms with E-state index < -0.39 is 27.0 Å². The normalized spacial score (nSPS) is 16.1. The van der Waals surface area contributed by atoms with E-state index in [4.69, 9.17) is 15.4 Å². The molecule has 0 saturated carbocycles. The zero-order valence-corrected chi connectivity index (χ0v) is 20.6. The van der Waals surface area contributed by atoms with Crippen LogP contribution in [0.4, 0.5) is 0 Å². The van der Waals surface area contributed by atoms with Gasteiger partial charge in [0.25, 0.3) is 0 Å². The Morgan fingerprint density at radius 2 is 1.82 bits per heavy atom. The molecule has 4 heteroatoms. The van der Waals surface area contributed by atoms with Crippen molar-refractivity contribution in [2.24, 2.45) is 0 Å². The van der Waals surface area contributed by atoms with Crippen LogP contribution < -0.4 is 4.40 Å². The van der Waals surface area contributed by atoms with Gasteiger partial charge in [0.1, 0.15) is 0 Å². The Morgan fingerprint density at radius 1 is 0.970 bits per heavy atom. The van der Waals surface area contributed by atoms with Crippen LogP contribution in [-0.2, 0) is 0 Å². The second-order valence-corrected chi connectivity index (χ2v) is 19.7. The molecular weight excluding hydrogens is 465 g/mol. The van der Waals surface area contributed by atoms with Gasteiger partial charge >= 0.3 is 184 Å². The summed E-state index contributed by atoms with van der Waals surface area (Å²) in [5.41, 5.74) is 1.54. The second-order valence-electron chi connectivity index (χ2n) is 9.05. The van der Waals surface area contributed by atoms with E-state index in [-0.39, 0.29) is 45.5 Å². The molecule has 5 aromatic rings. The van der Waals surface area contributed by atoms with Crippen LogP contribution >= 0.6 is 0 Å². The van der Waals surface area contributed by atoms with E-state index in [2.05, 4.69) is 22.3 Å². The third-order valence-corrected chi connectivity index (χ3v) is 10.0. The first-order valence-corrected chi connectivity index (χ1v) is 17.9. The van der Waals surface area contributed by atoms with Gasteiger partial charge in [0, 0.05) is 0 Å². The van der Waals surface area contributed by atoms with Crippen molar-refractivity contribution in [1.82, 2.24) is 4.98 Å². The van der Waals surface area contributed by atoms with Crippen molar-refractivity contribution in [1.29, 1.82) is 5.26 Å². The van der Waals surface area contributed by atoms with Crippen molar-refractivity contribution >= 4 is 39.6 Å². The maximum absolute atomic E-state index is 9.36. The van der Waals surface area contributed by atoms with Crippen LogP contribution in [0.25, 0.3) is 44.3 Å². The number of benzene rings is 3. The topological polar surface area (TPSA) is 49.8 Å². The fourth-order valence-electron chi connectivity index (χ4n) is 3.96. The molecule has 5 rings (SSSR count). The standard InChI is InChI=1S/C29H26GeN2O/c1-18-13-21(30(3,4)5)10-12-22(18)26-15-27(32-17-19(26)2)25-8-6-7-24-23-11-9-20(16-31)14-28(23)33-29(24)25/h6-15,17H,1-5H3/i1D3,2D3,12D,14D. The molecule has 3 nitrogen and oxygen atoms in total. The number of hydrogen-bond acceptors (Lipinski definition) is 3. The van der Waals surface area contributed by atoms with Crippen molar-refractivity contribution in [3.8, 4) is 28.5 Å². The third kappa shape index (κ3) is 3.75. The SMILES string of the molecule is [2H]c1c[c]([Ge]([CH3])([CH3])[CH3])cc(C([2H])([2H])[2H])c1-c1cc(-c2cccc3c2oc2c([2H])c(C#N)ccc23)ncc1C([2H])([2H])[2H]. The minimum atomic E-state index is -2.63. The second kappa shape index (κ2) is 7.90. The van der Waals surface area contributed by atoms with Gasteiger partial charge in [-0.25, -0.2) is 0 Å². The van der Waals surface area contributed by atoms with Crippen molar-refractivity contribution < 1.29 is 15.4 Å². The monoisotopic (exact) mass is 500 g/mol. The third-order valence-electron chi connectivity index (χ3n) is 5.80. The first kappa shape index (κ1) is 14.0. The zero-order chi connectivity index (χ0) is 30.1. The van der Waals surface area contributed by atoms with Gasteiger partial charge in [-0.15, -0.1) is 0 Å². The summed E-state index contributed by atoms with van der Waals surface area (Å²) in [6.07, 6.45) is 1.21. The number of nitriles is 1. The molecule has 0 radical (unpaired) electrons. The van der Waals surface area contributed by atoms with E-state index in [1.165, 1.54) is 12.3 Å². The molecule has 2 aromatic heterocycles. The average molecular weight is 499 g/mol. The van der Waals surface area contributed by atoms with Crippen molar-refractivity contribution in [2.45, 2.75) is 31.0 Å². The molecule has 0 bridgehead atoms. The first-order valence-electron chi connectivity index (χ1n) is 14.5. The van der Waals surface area contributed by atoms with Gasteiger partial charge in [-0.2, -0.15) is 5.26 Å². The van der Waals surface area contributed by atoms with E-state index in [1.54, 1.807) is 36.4 Å². The van der Waals surface area contributed by atoms with Gasteiger partial charge in [0.05, 0.1) is 13.0 Å². The predicted octanol–water partition coefficient (Wildman–Crippen LogP) is 7.35. The summed E-state index contributed by atoms with van der Waals surface area (Å²) in [5.74, 6) is 6.31. The number of para-hydroxylation sites is 1. The Morgan fingerprint density at radius 3 is 2.58 bits per heavy atom. The number of nitrogens with zero attached hydrogens (tertiary/aromatic N) is 2. The fraction of sp³-hybridized carbons (Fsp3) is 0.172. The molecule has 0 fully saturated rings. The molecule has 3 aromatic carbocycles. The van der Waals surface area contributed by atoms with E-state index >= 15 is 0 Å². The van der Waals surface area contributed by atoms with E-state index in [1.807, 2.05) is 12.1 Å². The summed E-state index contributed by atoms with van der Waals surface area (Å²) in [5, 5.41) is 10.7. The van der Waals surface area contributed by atoms with E-state index in [9.17, 15) is 5.26 Å². The van der Waals surface area contributed by atoms with Gasteiger partial charge in [-0.3, -0.25) is 0 Å². The van der Waals surface area contributed by atoms with Gasteiger partial charge in [0.2, 0.25) is 0 Å². The van der Waals surface area contributed by atoms with Gasteiger partial charge in [-0.1, -0.05) is 0 Å². The number of aromatic nitrogens is 1. The number of aryl methyl sites for hydroxylation is 2. The molecule has 0 spiro atoms. The van der Waals surface area contributed by atoms with E-state index in [0.717, 1.165) is 4.40 Å². The zero-order valence-electron chi connectivity index (χ0n) is 26.5. The molecule has 0 saturated heterocycles. The molecule has 0 atom stereocenters. The Labute approximate surface area is 208 Å². The molecule has 33 heavy (non-hydrogen) atoms. The molecule has 0 N–H and O–H groups in total. The van der Waals surface area contributed by atoms with Gasteiger partial charge in [-0.05, 0) is 6.07 Å².